The largest absolute Gasteiger partial charge is 2.00 e. The zero-order valence-corrected chi connectivity index (χ0v) is 20.3. The molecule has 0 aromatic heterocycles. The number of rotatable bonds is 8. The summed E-state index contributed by atoms with van der Waals surface area (Å²) in [5.41, 5.74) is 0. The maximum atomic E-state index is 11.5. The molecule has 0 aliphatic carbocycles. The van der Waals surface area contributed by atoms with E-state index >= 15 is 0 Å². The van der Waals surface area contributed by atoms with Gasteiger partial charge in [0.05, 0.1) is 12.8 Å². The predicted molar refractivity (Wildman–Crippen MR) is 102 cm³/mol. The Morgan fingerprint density at radius 3 is 1.21 bits per heavy atom. The number of carboxylic acids is 2. The average Bonchev–Trinajstić information content (AvgIpc) is 2.67. The minimum atomic E-state index is -3.73. The number of carbonyl (C=O) groups is 2. The van der Waals surface area contributed by atoms with Crippen molar-refractivity contribution in [2.24, 2.45) is 0 Å². The summed E-state index contributed by atoms with van der Waals surface area (Å²) in [5, 5.41) is 17.1. The normalized spacial score (nSPS) is 14.1. The van der Waals surface area contributed by atoms with E-state index < -0.39 is 26.7 Å². The van der Waals surface area contributed by atoms with E-state index in [0.717, 1.165) is 0 Å². The van der Waals surface area contributed by atoms with Gasteiger partial charge in [-0.2, -0.15) is 0 Å². The van der Waals surface area contributed by atoms with Crippen LogP contribution in [-0.2, 0) is 38.2 Å². The van der Waals surface area contributed by atoms with Crippen LogP contribution in [0.1, 0.15) is 12.8 Å². The first kappa shape index (κ1) is 27.4. The van der Waals surface area contributed by atoms with Crippen LogP contribution in [-0.4, -0.2) is 34.5 Å². The summed E-state index contributed by atoms with van der Waals surface area (Å²) in [6.07, 6.45) is -1.36. The Kier molecular flexibility index (Phi) is 12.1. The molecule has 2 N–H and O–H groups in total. The van der Waals surface area contributed by atoms with Crippen LogP contribution in [0.2, 0.25) is 0 Å². The van der Waals surface area contributed by atoms with Gasteiger partial charge in [-0.15, -0.1) is 0 Å². The van der Waals surface area contributed by atoms with E-state index in [9.17, 15) is 28.5 Å². The van der Waals surface area contributed by atoms with Crippen molar-refractivity contribution in [3.63, 3.8) is 0 Å². The smallest absolute Gasteiger partial charge is 0.796 e. The predicted octanol–water partition coefficient (Wildman–Crippen LogP) is 0.847. The Labute approximate surface area is 181 Å². The molecule has 0 bridgehead atoms. The second-order valence-corrected chi connectivity index (χ2v) is 10.4. The van der Waals surface area contributed by atoms with Crippen LogP contribution in [0.25, 0.3) is 0 Å². The number of carboxylic acid groups (broad SMARTS) is 2. The summed E-state index contributed by atoms with van der Waals surface area (Å²) < 4.78 is 23.0. The second-order valence-electron chi connectivity index (χ2n) is 5.75. The molecule has 0 saturated heterocycles. The van der Waals surface area contributed by atoms with Crippen LogP contribution in [0, 0.1) is 0 Å². The third-order valence-electron chi connectivity index (χ3n) is 3.54. The van der Waals surface area contributed by atoms with E-state index in [-0.39, 0.29) is 55.3 Å². The zero-order chi connectivity index (χ0) is 21.2. The van der Waals surface area contributed by atoms with Crippen molar-refractivity contribution in [2.75, 3.05) is 12.3 Å². The van der Waals surface area contributed by atoms with E-state index in [0.29, 0.717) is 0 Å². The fourth-order valence-electron chi connectivity index (χ4n) is 2.05. The molecule has 2 unspecified atom stereocenters. The Bertz CT molecular complexity index is 800. The molecule has 152 valence electrons. The summed E-state index contributed by atoms with van der Waals surface area (Å²) in [6, 6.07) is 15.7. The maximum absolute atomic E-state index is 11.5. The number of benzene rings is 2. The average molecular weight is 492 g/mol. The fourth-order valence-corrected chi connectivity index (χ4v) is 4.79. The molecule has 0 radical (unpaired) electrons. The first-order chi connectivity index (χ1) is 13.0. The summed E-state index contributed by atoms with van der Waals surface area (Å²) in [5.74, 6) is -2.20. The molecule has 0 amide bonds. The van der Waals surface area contributed by atoms with Crippen LogP contribution in [0.15, 0.2) is 60.7 Å². The number of hydrogen-bond donors (Lipinski definition) is 2. The van der Waals surface area contributed by atoms with Crippen molar-refractivity contribution in [1.29, 1.82) is 0 Å². The maximum Gasteiger partial charge on any atom is 2.00 e. The van der Waals surface area contributed by atoms with Gasteiger partial charge in [-0.05, 0) is 10.6 Å². The minimum Gasteiger partial charge on any atom is -0.796 e. The minimum absolute atomic E-state index is 0. The molecule has 0 fully saturated rings. The van der Waals surface area contributed by atoms with Gasteiger partial charge in [0.15, 0.2) is 0 Å². The molecule has 2 aromatic rings. The molecule has 0 aliphatic rings. The van der Waals surface area contributed by atoms with E-state index in [1.165, 1.54) is 24.3 Å². The molecule has 8 nitrogen and oxygen atoms in total. The Morgan fingerprint density at radius 1 is 0.690 bits per heavy atom. The molecule has 0 aliphatic heterocycles. The Balaban J connectivity index is 0.000000523. The fraction of sp³-hybridized carbons (Fsp3) is 0.222. The molecule has 2 rings (SSSR count). The number of hydrogen-bond acceptors (Lipinski definition) is 6. The van der Waals surface area contributed by atoms with Crippen molar-refractivity contribution in [2.45, 2.75) is 12.8 Å². The van der Waals surface area contributed by atoms with E-state index in [1.54, 1.807) is 36.4 Å². The summed E-state index contributed by atoms with van der Waals surface area (Å²) in [7, 11) is -7.46. The summed E-state index contributed by atoms with van der Waals surface area (Å²) >= 11 is 0. The number of aliphatic carboxylic acids is 2. The van der Waals surface area contributed by atoms with E-state index in [2.05, 4.69) is 0 Å². The van der Waals surface area contributed by atoms with Crippen molar-refractivity contribution in [1.82, 2.24) is 0 Å². The SMILES string of the molecule is O=C(O)CCP(=O)([O-])c1ccccc1.O=C(O)CCP(=O)([O-])c1ccccc1.[Zn+2]. The van der Waals surface area contributed by atoms with Gasteiger partial charge in [0, 0.05) is 27.1 Å². The van der Waals surface area contributed by atoms with Gasteiger partial charge in [0.25, 0.3) is 0 Å². The molecule has 0 saturated carbocycles. The van der Waals surface area contributed by atoms with Gasteiger partial charge < -0.3 is 29.1 Å². The van der Waals surface area contributed by atoms with Crippen LogP contribution < -0.4 is 20.4 Å². The van der Waals surface area contributed by atoms with E-state index in [4.69, 9.17) is 10.2 Å². The van der Waals surface area contributed by atoms with Crippen LogP contribution in [0.4, 0.5) is 0 Å². The van der Waals surface area contributed by atoms with Crippen LogP contribution >= 0.6 is 14.7 Å². The Morgan fingerprint density at radius 2 is 0.966 bits per heavy atom. The van der Waals surface area contributed by atoms with Gasteiger partial charge in [-0.3, -0.25) is 9.59 Å². The van der Waals surface area contributed by atoms with Gasteiger partial charge in [0.2, 0.25) is 0 Å². The van der Waals surface area contributed by atoms with Crippen LogP contribution in [0.3, 0.4) is 0 Å². The second kappa shape index (κ2) is 12.8. The Hall–Kier alpha value is -1.62. The first-order valence-corrected chi connectivity index (χ1v) is 11.8. The molecule has 29 heavy (non-hydrogen) atoms. The van der Waals surface area contributed by atoms with Crippen molar-refractivity contribution in [3.8, 4) is 0 Å². The van der Waals surface area contributed by atoms with Crippen molar-refractivity contribution < 1.29 is 58.2 Å². The summed E-state index contributed by atoms with van der Waals surface area (Å²) in [4.78, 5) is 43.4. The molecular formula is C18H20O8P2Zn. The molecule has 2 aromatic carbocycles. The summed E-state index contributed by atoms with van der Waals surface area (Å²) in [6.45, 7) is 0. The zero-order valence-electron chi connectivity index (χ0n) is 15.5. The van der Waals surface area contributed by atoms with Gasteiger partial charge in [0.1, 0.15) is 0 Å². The van der Waals surface area contributed by atoms with Crippen LogP contribution in [0.5, 0.6) is 0 Å². The standard InChI is InChI=1S/2C9H11O4P.Zn/c2*10-9(11)6-7-14(12,13)8-4-2-1-3-5-8;/h2*1-5H,6-7H2,(H,10,11)(H,12,13);/q;;+2/p-2. The van der Waals surface area contributed by atoms with E-state index in [1.807, 2.05) is 0 Å². The topological polar surface area (TPSA) is 155 Å². The first-order valence-electron chi connectivity index (χ1n) is 8.19. The molecule has 0 heterocycles. The van der Waals surface area contributed by atoms with Crippen molar-refractivity contribution >= 4 is 37.3 Å². The van der Waals surface area contributed by atoms with Gasteiger partial charge >= 0.3 is 31.4 Å². The molecular weight excluding hydrogens is 472 g/mol. The molecule has 11 heteroatoms. The third kappa shape index (κ3) is 10.6. The molecule has 2 atom stereocenters. The monoisotopic (exact) mass is 490 g/mol. The van der Waals surface area contributed by atoms with Gasteiger partial charge in [-0.1, -0.05) is 60.7 Å². The van der Waals surface area contributed by atoms with Crippen molar-refractivity contribution in [3.05, 3.63) is 60.7 Å². The quantitative estimate of drug-likeness (QED) is 0.407. The third-order valence-corrected chi connectivity index (χ3v) is 7.33. The molecule has 0 spiro atoms. The van der Waals surface area contributed by atoms with Gasteiger partial charge in [-0.25, -0.2) is 0 Å².